The average molecular weight is 210 g/mol. The van der Waals surface area contributed by atoms with Gasteiger partial charge in [0.05, 0.1) is 0 Å². The maximum Gasteiger partial charge on any atom is 0.0431 e. The van der Waals surface area contributed by atoms with Crippen LogP contribution in [0.3, 0.4) is 0 Å². The van der Waals surface area contributed by atoms with Crippen LogP contribution in [0.25, 0.3) is 0 Å². The molecule has 0 bridgehead atoms. The van der Waals surface area contributed by atoms with Crippen LogP contribution in [-0.2, 0) is 5.41 Å². The molecule has 3 N–H and O–H groups in total. The number of H-pyrrole nitrogens is 1. The molecule has 1 aromatic heterocycles. The molecule has 3 nitrogen and oxygen atoms in total. The van der Waals surface area contributed by atoms with Crippen molar-refractivity contribution in [1.29, 1.82) is 0 Å². The smallest absolute Gasteiger partial charge is 0.0431 e. The molecule has 0 amide bonds. The van der Waals surface area contributed by atoms with Gasteiger partial charge >= 0.3 is 0 Å². The Morgan fingerprint density at radius 2 is 2.20 bits per heavy atom. The minimum Gasteiger partial charge on any atom is -0.396 e. The molecule has 0 aliphatic rings. The van der Waals surface area contributed by atoms with Gasteiger partial charge in [0.1, 0.15) is 0 Å². The summed E-state index contributed by atoms with van der Waals surface area (Å²) in [6.45, 7) is 6.71. The first-order chi connectivity index (χ1) is 7.17. The number of hydrogen-bond donors (Lipinski definition) is 3. The highest BCUT2D eigenvalue weighted by Gasteiger charge is 2.19. The molecule has 0 aromatic carbocycles. The third-order valence-corrected chi connectivity index (χ3v) is 2.71. The molecule has 0 saturated carbocycles. The van der Waals surface area contributed by atoms with Gasteiger partial charge in [0.2, 0.25) is 0 Å². The SMILES string of the molecule is CC(C)(CNCCCCO)c1cc[nH]c1. The second-order valence-electron chi connectivity index (χ2n) is 4.59. The standard InChI is InChI=1S/C12H22N2O/c1-12(2,11-5-7-13-9-11)10-14-6-3-4-8-15/h5,7,9,13-15H,3-4,6,8,10H2,1-2H3. The molecule has 0 radical (unpaired) electrons. The monoisotopic (exact) mass is 210 g/mol. The molecule has 15 heavy (non-hydrogen) atoms. The zero-order valence-corrected chi connectivity index (χ0v) is 9.71. The lowest BCUT2D eigenvalue weighted by Crippen LogP contribution is -2.33. The Hall–Kier alpha value is -0.800. The zero-order valence-electron chi connectivity index (χ0n) is 9.71. The third-order valence-electron chi connectivity index (χ3n) is 2.71. The van der Waals surface area contributed by atoms with Crippen molar-refractivity contribution in [3.05, 3.63) is 24.0 Å². The Morgan fingerprint density at radius 1 is 1.40 bits per heavy atom. The van der Waals surface area contributed by atoms with Gasteiger partial charge < -0.3 is 15.4 Å². The van der Waals surface area contributed by atoms with E-state index in [1.165, 1.54) is 5.56 Å². The van der Waals surface area contributed by atoms with Gasteiger partial charge in [-0.25, -0.2) is 0 Å². The first-order valence-corrected chi connectivity index (χ1v) is 5.61. The molecular weight excluding hydrogens is 188 g/mol. The van der Waals surface area contributed by atoms with Gasteiger partial charge in [-0.05, 0) is 31.0 Å². The van der Waals surface area contributed by atoms with E-state index in [0.717, 1.165) is 25.9 Å². The maximum absolute atomic E-state index is 8.64. The predicted molar refractivity (Wildman–Crippen MR) is 63.0 cm³/mol. The molecule has 3 heteroatoms. The Balaban J connectivity index is 2.25. The van der Waals surface area contributed by atoms with Crippen LogP contribution in [0.2, 0.25) is 0 Å². The van der Waals surface area contributed by atoms with Gasteiger partial charge in [0.25, 0.3) is 0 Å². The molecule has 0 saturated heterocycles. The van der Waals surface area contributed by atoms with Crippen LogP contribution in [0.1, 0.15) is 32.3 Å². The summed E-state index contributed by atoms with van der Waals surface area (Å²) in [5.41, 5.74) is 1.50. The number of nitrogens with one attached hydrogen (secondary N) is 2. The van der Waals surface area contributed by atoms with Gasteiger partial charge in [0, 0.05) is 31.0 Å². The number of rotatable bonds is 7. The zero-order chi connectivity index (χ0) is 11.1. The summed E-state index contributed by atoms with van der Waals surface area (Å²) in [5, 5.41) is 12.1. The van der Waals surface area contributed by atoms with Gasteiger partial charge in [-0.2, -0.15) is 0 Å². The quantitative estimate of drug-likeness (QED) is 0.599. The van der Waals surface area contributed by atoms with E-state index in [9.17, 15) is 0 Å². The molecular formula is C12H22N2O. The topological polar surface area (TPSA) is 48.0 Å². The summed E-state index contributed by atoms with van der Waals surface area (Å²) >= 11 is 0. The molecule has 0 atom stereocenters. The van der Waals surface area contributed by atoms with E-state index in [-0.39, 0.29) is 5.41 Å². The molecule has 0 unspecified atom stereocenters. The van der Waals surface area contributed by atoms with Crippen molar-refractivity contribution in [2.24, 2.45) is 0 Å². The van der Waals surface area contributed by atoms with Crippen LogP contribution < -0.4 is 5.32 Å². The minimum absolute atomic E-state index is 0.166. The van der Waals surface area contributed by atoms with Crippen LogP contribution >= 0.6 is 0 Å². The van der Waals surface area contributed by atoms with Gasteiger partial charge in [-0.1, -0.05) is 13.8 Å². The first-order valence-electron chi connectivity index (χ1n) is 5.61. The molecule has 1 aromatic rings. The van der Waals surface area contributed by atoms with Crippen molar-refractivity contribution in [1.82, 2.24) is 10.3 Å². The van der Waals surface area contributed by atoms with Gasteiger partial charge in [-0.15, -0.1) is 0 Å². The van der Waals surface area contributed by atoms with Crippen LogP contribution in [-0.4, -0.2) is 29.8 Å². The van der Waals surface area contributed by atoms with Crippen LogP contribution in [0.15, 0.2) is 18.5 Å². The molecule has 1 rings (SSSR count). The predicted octanol–water partition coefficient (Wildman–Crippen LogP) is 1.65. The second-order valence-corrected chi connectivity index (χ2v) is 4.59. The largest absolute Gasteiger partial charge is 0.396 e. The summed E-state index contributed by atoms with van der Waals surface area (Å²) in [6.07, 6.45) is 5.94. The molecule has 1 heterocycles. The van der Waals surface area contributed by atoms with Crippen LogP contribution in [0.5, 0.6) is 0 Å². The number of aromatic nitrogens is 1. The minimum atomic E-state index is 0.166. The lowest BCUT2D eigenvalue weighted by Gasteiger charge is -2.24. The Labute approximate surface area is 91.9 Å². The summed E-state index contributed by atoms with van der Waals surface area (Å²) in [7, 11) is 0. The van der Waals surface area contributed by atoms with Crippen molar-refractivity contribution in [2.75, 3.05) is 19.7 Å². The third kappa shape index (κ3) is 4.06. The second kappa shape index (κ2) is 5.93. The van der Waals surface area contributed by atoms with Crippen molar-refractivity contribution >= 4 is 0 Å². The molecule has 0 aliphatic heterocycles. The lowest BCUT2D eigenvalue weighted by atomic mass is 9.86. The highest BCUT2D eigenvalue weighted by atomic mass is 16.2. The van der Waals surface area contributed by atoms with E-state index >= 15 is 0 Å². The van der Waals surface area contributed by atoms with E-state index in [1.54, 1.807) is 0 Å². The number of aliphatic hydroxyl groups is 1. The van der Waals surface area contributed by atoms with Gasteiger partial charge in [-0.3, -0.25) is 0 Å². The van der Waals surface area contributed by atoms with E-state index < -0.39 is 0 Å². The molecule has 86 valence electrons. The summed E-state index contributed by atoms with van der Waals surface area (Å²) in [4.78, 5) is 3.09. The van der Waals surface area contributed by atoms with E-state index in [4.69, 9.17) is 5.11 Å². The number of unbranched alkanes of at least 4 members (excludes halogenated alkanes) is 1. The Kier molecular flexibility index (Phi) is 4.85. The van der Waals surface area contributed by atoms with Crippen molar-refractivity contribution < 1.29 is 5.11 Å². The Bertz CT molecular complexity index is 255. The molecule has 0 spiro atoms. The summed E-state index contributed by atoms with van der Waals surface area (Å²) in [6, 6.07) is 2.12. The van der Waals surface area contributed by atoms with E-state index in [2.05, 4.69) is 36.4 Å². The molecule has 0 aliphatic carbocycles. The fourth-order valence-electron chi connectivity index (χ4n) is 1.61. The van der Waals surface area contributed by atoms with Crippen LogP contribution in [0, 0.1) is 0 Å². The van der Waals surface area contributed by atoms with Crippen molar-refractivity contribution in [3.8, 4) is 0 Å². The summed E-state index contributed by atoms with van der Waals surface area (Å²) < 4.78 is 0. The normalized spacial score (nSPS) is 11.9. The number of hydrogen-bond acceptors (Lipinski definition) is 2. The number of aromatic amines is 1. The van der Waals surface area contributed by atoms with E-state index in [0.29, 0.717) is 6.61 Å². The van der Waals surface area contributed by atoms with Crippen molar-refractivity contribution in [2.45, 2.75) is 32.1 Å². The first kappa shape index (κ1) is 12.3. The average Bonchev–Trinajstić information content (AvgIpc) is 2.70. The Morgan fingerprint density at radius 3 is 2.80 bits per heavy atom. The van der Waals surface area contributed by atoms with Crippen LogP contribution in [0.4, 0.5) is 0 Å². The van der Waals surface area contributed by atoms with E-state index in [1.807, 2.05) is 6.20 Å². The molecule has 0 fully saturated rings. The maximum atomic E-state index is 8.64. The highest BCUT2D eigenvalue weighted by Crippen LogP contribution is 2.21. The fourth-order valence-corrected chi connectivity index (χ4v) is 1.61. The fraction of sp³-hybridized carbons (Fsp3) is 0.667. The highest BCUT2D eigenvalue weighted by molar-refractivity contribution is 5.20. The lowest BCUT2D eigenvalue weighted by molar-refractivity contribution is 0.283. The van der Waals surface area contributed by atoms with Gasteiger partial charge in [0.15, 0.2) is 0 Å². The van der Waals surface area contributed by atoms with Crippen molar-refractivity contribution in [3.63, 3.8) is 0 Å². The number of aliphatic hydroxyl groups excluding tert-OH is 1. The summed E-state index contributed by atoms with van der Waals surface area (Å²) in [5.74, 6) is 0.